The zero-order chi connectivity index (χ0) is 16.7. The first-order valence-corrected chi connectivity index (χ1v) is 8.08. The molecule has 23 heavy (non-hydrogen) atoms. The lowest BCUT2D eigenvalue weighted by molar-refractivity contribution is 0.104. The molecule has 0 saturated carbocycles. The lowest BCUT2D eigenvalue weighted by Gasteiger charge is -2.09. The molecule has 0 radical (unpaired) electrons. The van der Waals surface area contributed by atoms with E-state index in [0.717, 1.165) is 30.5 Å². The van der Waals surface area contributed by atoms with Crippen molar-refractivity contribution in [2.75, 3.05) is 20.6 Å². The highest BCUT2D eigenvalue weighted by Crippen LogP contribution is 2.12. The zero-order valence-electron chi connectivity index (χ0n) is 14.3. The van der Waals surface area contributed by atoms with Gasteiger partial charge in [-0.3, -0.25) is 4.79 Å². The molecule has 0 aromatic heterocycles. The van der Waals surface area contributed by atoms with E-state index in [-0.39, 0.29) is 5.78 Å². The SMILES string of the molecule is Cc1ccccc1/C=C/C(=O)c1ccc(CCCN(C)C)cc1. The lowest BCUT2D eigenvalue weighted by Crippen LogP contribution is -2.13. The van der Waals surface area contributed by atoms with Gasteiger partial charge in [-0.25, -0.2) is 0 Å². The first-order chi connectivity index (χ1) is 11.1. The molecule has 0 spiro atoms. The molecule has 0 unspecified atom stereocenters. The number of ketones is 1. The second kappa shape index (κ2) is 8.44. The van der Waals surface area contributed by atoms with Crippen LogP contribution in [-0.4, -0.2) is 31.3 Å². The topological polar surface area (TPSA) is 20.3 Å². The Kier molecular flexibility index (Phi) is 6.30. The third-order valence-corrected chi connectivity index (χ3v) is 3.91. The quantitative estimate of drug-likeness (QED) is 0.558. The highest BCUT2D eigenvalue weighted by molar-refractivity contribution is 6.06. The van der Waals surface area contributed by atoms with Crippen LogP contribution < -0.4 is 0 Å². The zero-order valence-corrected chi connectivity index (χ0v) is 14.3. The van der Waals surface area contributed by atoms with Crippen LogP contribution in [0.5, 0.6) is 0 Å². The molecule has 0 saturated heterocycles. The van der Waals surface area contributed by atoms with E-state index in [9.17, 15) is 4.79 Å². The van der Waals surface area contributed by atoms with Crippen molar-refractivity contribution in [3.05, 3.63) is 76.9 Å². The molecule has 0 aliphatic carbocycles. The number of aryl methyl sites for hydroxylation is 2. The Labute approximate surface area is 139 Å². The van der Waals surface area contributed by atoms with Crippen LogP contribution in [-0.2, 0) is 6.42 Å². The summed E-state index contributed by atoms with van der Waals surface area (Å²) in [7, 11) is 4.17. The van der Waals surface area contributed by atoms with Crippen LogP contribution in [0, 0.1) is 6.92 Å². The van der Waals surface area contributed by atoms with E-state index in [4.69, 9.17) is 0 Å². The molecule has 2 aromatic rings. The molecule has 2 rings (SSSR count). The molecule has 0 N–H and O–H groups in total. The van der Waals surface area contributed by atoms with Crippen LogP contribution >= 0.6 is 0 Å². The summed E-state index contributed by atoms with van der Waals surface area (Å²) >= 11 is 0. The van der Waals surface area contributed by atoms with E-state index in [1.165, 1.54) is 11.1 Å². The predicted octanol–water partition coefficient (Wildman–Crippen LogP) is 4.39. The molecular formula is C21H25NO. The number of nitrogens with zero attached hydrogens (tertiary/aromatic N) is 1. The predicted molar refractivity (Wildman–Crippen MR) is 97.9 cm³/mol. The van der Waals surface area contributed by atoms with Crippen molar-refractivity contribution in [1.82, 2.24) is 4.90 Å². The van der Waals surface area contributed by atoms with Crippen LogP contribution in [0.15, 0.2) is 54.6 Å². The van der Waals surface area contributed by atoms with Crippen molar-refractivity contribution < 1.29 is 4.79 Å². The average molecular weight is 307 g/mol. The van der Waals surface area contributed by atoms with Gasteiger partial charge in [0.05, 0.1) is 0 Å². The van der Waals surface area contributed by atoms with E-state index in [0.29, 0.717) is 0 Å². The van der Waals surface area contributed by atoms with Gasteiger partial charge in [-0.1, -0.05) is 54.6 Å². The molecule has 2 nitrogen and oxygen atoms in total. The number of hydrogen-bond acceptors (Lipinski definition) is 2. The lowest BCUT2D eigenvalue weighted by atomic mass is 10.0. The molecule has 0 aliphatic heterocycles. The molecule has 2 heteroatoms. The minimum absolute atomic E-state index is 0.0492. The Morgan fingerprint density at radius 1 is 1.04 bits per heavy atom. The minimum atomic E-state index is 0.0492. The number of carbonyl (C=O) groups excluding carboxylic acids is 1. The van der Waals surface area contributed by atoms with Crippen molar-refractivity contribution in [2.45, 2.75) is 19.8 Å². The van der Waals surface area contributed by atoms with Crippen LogP contribution in [0.4, 0.5) is 0 Å². The highest BCUT2D eigenvalue weighted by atomic mass is 16.1. The van der Waals surface area contributed by atoms with E-state index < -0.39 is 0 Å². The van der Waals surface area contributed by atoms with Gasteiger partial charge in [-0.15, -0.1) is 0 Å². The maximum absolute atomic E-state index is 12.3. The van der Waals surface area contributed by atoms with E-state index in [2.05, 4.69) is 31.1 Å². The molecule has 0 atom stereocenters. The molecule has 0 aliphatic rings. The van der Waals surface area contributed by atoms with Crippen LogP contribution in [0.1, 0.15) is 33.5 Å². The van der Waals surface area contributed by atoms with Gasteiger partial charge in [0.25, 0.3) is 0 Å². The largest absolute Gasteiger partial charge is 0.309 e. The fourth-order valence-electron chi connectivity index (χ4n) is 2.47. The monoisotopic (exact) mass is 307 g/mol. The third kappa shape index (κ3) is 5.50. The first-order valence-electron chi connectivity index (χ1n) is 8.08. The van der Waals surface area contributed by atoms with Gasteiger partial charge in [0.2, 0.25) is 0 Å². The van der Waals surface area contributed by atoms with Gasteiger partial charge in [-0.2, -0.15) is 0 Å². The Morgan fingerprint density at radius 2 is 1.74 bits per heavy atom. The molecular weight excluding hydrogens is 282 g/mol. The summed E-state index contributed by atoms with van der Waals surface area (Å²) in [4.78, 5) is 14.4. The number of carbonyl (C=O) groups is 1. The Bertz CT molecular complexity index is 668. The molecule has 0 bridgehead atoms. The maximum atomic E-state index is 12.3. The van der Waals surface area contributed by atoms with Crippen molar-refractivity contribution in [3.8, 4) is 0 Å². The Morgan fingerprint density at radius 3 is 2.39 bits per heavy atom. The van der Waals surface area contributed by atoms with Crippen molar-refractivity contribution in [3.63, 3.8) is 0 Å². The van der Waals surface area contributed by atoms with Crippen LogP contribution in [0.25, 0.3) is 6.08 Å². The number of benzene rings is 2. The first kappa shape index (κ1) is 17.2. The summed E-state index contributed by atoms with van der Waals surface area (Å²) in [6, 6.07) is 16.0. The smallest absolute Gasteiger partial charge is 0.185 e. The third-order valence-electron chi connectivity index (χ3n) is 3.91. The Balaban J connectivity index is 1.96. The highest BCUT2D eigenvalue weighted by Gasteiger charge is 2.02. The van der Waals surface area contributed by atoms with Gasteiger partial charge >= 0.3 is 0 Å². The molecule has 0 fully saturated rings. The fraction of sp³-hybridized carbons (Fsp3) is 0.286. The van der Waals surface area contributed by atoms with Crippen molar-refractivity contribution in [2.24, 2.45) is 0 Å². The number of hydrogen-bond donors (Lipinski definition) is 0. The minimum Gasteiger partial charge on any atom is -0.309 e. The van der Waals surface area contributed by atoms with Crippen LogP contribution in [0.2, 0.25) is 0 Å². The summed E-state index contributed by atoms with van der Waals surface area (Å²) in [5.74, 6) is 0.0492. The summed E-state index contributed by atoms with van der Waals surface area (Å²) < 4.78 is 0. The number of rotatable bonds is 7. The van der Waals surface area contributed by atoms with Gasteiger partial charge < -0.3 is 4.90 Å². The van der Waals surface area contributed by atoms with Crippen LogP contribution in [0.3, 0.4) is 0 Å². The molecule has 0 amide bonds. The summed E-state index contributed by atoms with van der Waals surface area (Å²) in [5, 5.41) is 0. The van der Waals surface area contributed by atoms with Gasteiger partial charge in [0, 0.05) is 5.56 Å². The number of allylic oxidation sites excluding steroid dienone is 1. The second-order valence-electron chi connectivity index (χ2n) is 6.16. The molecule has 2 aromatic carbocycles. The average Bonchev–Trinajstić information content (AvgIpc) is 2.54. The summed E-state index contributed by atoms with van der Waals surface area (Å²) in [6.07, 6.45) is 5.73. The van der Waals surface area contributed by atoms with Gasteiger partial charge in [0.15, 0.2) is 5.78 Å². The summed E-state index contributed by atoms with van der Waals surface area (Å²) in [5.41, 5.74) is 4.28. The molecule has 120 valence electrons. The molecule has 0 heterocycles. The van der Waals surface area contributed by atoms with E-state index in [1.54, 1.807) is 6.08 Å². The normalized spacial score (nSPS) is 11.3. The van der Waals surface area contributed by atoms with E-state index >= 15 is 0 Å². The standard InChI is InChI=1S/C21H25NO/c1-17-7-4-5-9-19(17)14-15-21(23)20-12-10-18(11-13-20)8-6-16-22(2)3/h4-5,7,9-15H,6,8,16H2,1-3H3/b15-14+. The fourth-order valence-corrected chi connectivity index (χ4v) is 2.47. The maximum Gasteiger partial charge on any atom is 0.185 e. The van der Waals surface area contributed by atoms with Gasteiger partial charge in [-0.05, 0) is 63.2 Å². The van der Waals surface area contributed by atoms with Gasteiger partial charge in [0.1, 0.15) is 0 Å². The van der Waals surface area contributed by atoms with Crippen molar-refractivity contribution >= 4 is 11.9 Å². The second-order valence-corrected chi connectivity index (χ2v) is 6.16. The van der Waals surface area contributed by atoms with E-state index in [1.807, 2.05) is 49.4 Å². The Hall–Kier alpha value is -2.19. The summed E-state index contributed by atoms with van der Waals surface area (Å²) in [6.45, 7) is 3.13. The van der Waals surface area contributed by atoms with Crippen molar-refractivity contribution in [1.29, 1.82) is 0 Å².